The second-order valence-corrected chi connectivity index (χ2v) is 21.1. The third-order valence-electron chi connectivity index (χ3n) is 6.60. The second kappa shape index (κ2) is 13.0. The number of nitrogens with zero attached hydrogens (tertiary/aromatic N) is 1. The highest BCUT2D eigenvalue weighted by atomic mass is 28.4. The van der Waals surface area contributed by atoms with Crippen LogP contribution in [0, 0.1) is 24.2 Å². The van der Waals surface area contributed by atoms with E-state index in [1.54, 1.807) is 7.05 Å². The fourth-order valence-corrected chi connectivity index (χ4v) is 3.99. The molecule has 0 aromatic rings. The predicted molar refractivity (Wildman–Crippen MR) is 138 cm³/mol. The standard InChI is InChI=1S/C12H27NO3Si.C12H22O2Si/c1-10(11(14)13(5)15-6)9-16-17(7,8)12(2,3)4;1-8-11(13)10(2)9-14-15(6,7)12(3,4)5/h10H,9H2,1-8H3;1,10H,9H2,2-7H3/t2*10-/m00/s1. The molecule has 0 aromatic heterocycles. The summed E-state index contributed by atoms with van der Waals surface area (Å²) in [6.07, 6.45) is 5.05. The molecule has 0 saturated heterocycles. The SMILES string of the molecule is C#CC(=O)[C@@H](C)CO[Si](C)(C)C(C)(C)C.CON(C)C(=O)[C@@H](C)CO[Si](C)(C)C(C)(C)C. The van der Waals surface area contributed by atoms with Gasteiger partial charge in [-0.3, -0.25) is 14.4 Å². The van der Waals surface area contributed by atoms with Gasteiger partial charge in [0, 0.05) is 26.2 Å². The molecule has 0 heterocycles. The Kier molecular flexibility index (Phi) is 13.5. The lowest BCUT2D eigenvalue weighted by molar-refractivity contribution is -0.173. The molecule has 0 aliphatic rings. The molecule has 0 spiro atoms. The van der Waals surface area contributed by atoms with Crippen molar-refractivity contribution in [2.75, 3.05) is 27.4 Å². The molecule has 0 aromatic carbocycles. The normalized spacial score (nSPS) is 14.5. The molecule has 0 fully saturated rings. The number of hydroxylamine groups is 2. The Bertz CT molecular complexity index is 642. The van der Waals surface area contributed by atoms with Crippen molar-refractivity contribution in [2.24, 2.45) is 11.8 Å². The average molecular weight is 488 g/mol. The van der Waals surface area contributed by atoms with Gasteiger partial charge in [0.1, 0.15) is 0 Å². The Labute approximate surface area is 200 Å². The van der Waals surface area contributed by atoms with Crippen LogP contribution >= 0.6 is 0 Å². The first-order valence-corrected chi connectivity index (χ1v) is 17.1. The van der Waals surface area contributed by atoms with E-state index in [9.17, 15) is 9.59 Å². The largest absolute Gasteiger partial charge is 0.416 e. The van der Waals surface area contributed by atoms with Gasteiger partial charge in [-0.2, -0.15) is 0 Å². The number of terminal acetylenes is 1. The number of amides is 1. The molecule has 1 amide bonds. The summed E-state index contributed by atoms with van der Waals surface area (Å²) in [6.45, 7) is 26.4. The molecule has 2 atom stereocenters. The summed E-state index contributed by atoms with van der Waals surface area (Å²) in [5.41, 5.74) is 0. The van der Waals surface area contributed by atoms with Gasteiger partial charge in [0.05, 0.1) is 13.0 Å². The van der Waals surface area contributed by atoms with E-state index in [2.05, 4.69) is 73.7 Å². The van der Waals surface area contributed by atoms with E-state index in [1.807, 2.05) is 13.8 Å². The fourth-order valence-electron chi connectivity index (χ4n) is 1.79. The number of ketones is 1. The minimum Gasteiger partial charge on any atom is -0.416 e. The van der Waals surface area contributed by atoms with E-state index < -0.39 is 16.6 Å². The maximum absolute atomic E-state index is 11.8. The maximum Gasteiger partial charge on any atom is 0.250 e. The summed E-state index contributed by atoms with van der Waals surface area (Å²) in [7, 11) is -0.416. The van der Waals surface area contributed by atoms with Gasteiger partial charge in [0.15, 0.2) is 16.6 Å². The lowest BCUT2D eigenvalue weighted by Gasteiger charge is -2.37. The van der Waals surface area contributed by atoms with E-state index in [0.29, 0.717) is 13.2 Å². The van der Waals surface area contributed by atoms with E-state index in [4.69, 9.17) is 20.1 Å². The highest BCUT2D eigenvalue weighted by molar-refractivity contribution is 6.74. The van der Waals surface area contributed by atoms with Crippen molar-refractivity contribution in [3.05, 3.63) is 0 Å². The molecule has 0 rings (SSSR count). The van der Waals surface area contributed by atoms with Crippen molar-refractivity contribution in [2.45, 2.75) is 91.7 Å². The van der Waals surface area contributed by atoms with E-state index in [0.717, 1.165) is 0 Å². The van der Waals surface area contributed by atoms with Gasteiger partial charge in [-0.15, -0.1) is 6.42 Å². The van der Waals surface area contributed by atoms with Crippen LogP contribution in [0.5, 0.6) is 0 Å². The third-order valence-corrected chi connectivity index (χ3v) is 15.6. The zero-order chi connectivity index (χ0) is 26.1. The van der Waals surface area contributed by atoms with Crippen molar-refractivity contribution >= 4 is 28.3 Å². The van der Waals surface area contributed by atoms with Crippen LogP contribution < -0.4 is 0 Å². The molecular formula is C24H49NO5Si2. The van der Waals surface area contributed by atoms with Crippen molar-refractivity contribution in [1.29, 1.82) is 0 Å². The van der Waals surface area contributed by atoms with Gasteiger partial charge in [-0.05, 0) is 42.2 Å². The number of Topliss-reactive ketones (excluding diaryl/α,β-unsaturated/α-hetero) is 1. The maximum atomic E-state index is 11.8. The summed E-state index contributed by atoms with van der Waals surface area (Å²) >= 11 is 0. The molecule has 6 nitrogen and oxygen atoms in total. The van der Waals surface area contributed by atoms with Crippen LogP contribution in [0.3, 0.4) is 0 Å². The summed E-state index contributed by atoms with van der Waals surface area (Å²) in [4.78, 5) is 27.8. The zero-order valence-corrected chi connectivity index (χ0v) is 25.1. The smallest absolute Gasteiger partial charge is 0.250 e. The van der Waals surface area contributed by atoms with E-state index in [1.165, 1.54) is 12.2 Å². The van der Waals surface area contributed by atoms with Crippen molar-refractivity contribution in [3.63, 3.8) is 0 Å². The minimum atomic E-state index is -1.77. The molecule has 32 heavy (non-hydrogen) atoms. The fraction of sp³-hybridized carbons (Fsp3) is 0.833. The molecule has 8 heteroatoms. The number of rotatable bonds is 9. The Morgan fingerprint density at radius 3 is 1.50 bits per heavy atom. The summed E-state index contributed by atoms with van der Waals surface area (Å²) in [5.74, 6) is 1.55. The average Bonchev–Trinajstić information content (AvgIpc) is 2.67. The van der Waals surface area contributed by atoms with Crippen molar-refractivity contribution in [1.82, 2.24) is 5.06 Å². The Morgan fingerprint density at radius 1 is 0.875 bits per heavy atom. The Balaban J connectivity index is 0. The lowest BCUT2D eigenvalue weighted by Crippen LogP contribution is -2.43. The van der Waals surface area contributed by atoms with Crippen LogP contribution in [-0.4, -0.2) is 60.8 Å². The van der Waals surface area contributed by atoms with Crippen molar-refractivity contribution in [3.8, 4) is 12.3 Å². The highest BCUT2D eigenvalue weighted by Gasteiger charge is 2.38. The number of carbonyl (C=O) groups excluding carboxylic acids is 2. The molecule has 0 N–H and O–H groups in total. The number of hydrogen-bond donors (Lipinski definition) is 0. The molecule has 0 bridgehead atoms. The van der Waals surface area contributed by atoms with Gasteiger partial charge in [-0.1, -0.05) is 55.4 Å². The van der Waals surface area contributed by atoms with Crippen LogP contribution in [-0.2, 0) is 23.3 Å². The summed E-state index contributed by atoms with van der Waals surface area (Å²) in [5, 5.41) is 1.59. The molecule has 0 unspecified atom stereocenters. The third kappa shape index (κ3) is 11.2. The van der Waals surface area contributed by atoms with Crippen LogP contribution in [0.4, 0.5) is 0 Å². The van der Waals surface area contributed by atoms with Gasteiger partial charge in [-0.25, -0.2) is 5.06 Å². The van der Waals surface area contributed by atoms with Gasteiger partial charge in [0.25, 0.3) is 5.91 Å². The minimum absolute atomic E-state index is 0.0498. The van der Waals surface area contributed by atoms with Crippen LogP contribution in [0.2, 0.25) is 36.3 Å². The van der Waals surface area contributed by atoms with Gasteiger partial charge in [0.2, 0.25) is 5.78 Å². The molecule has 188 valence electrons. The quantitative estimate of drug-likeness (QED) is 0.186. The van der Waals surface area contributed by atoms with Crippen molar-refractivity contribution < 1.29 is 23.3 Å². The first-order chi connectivity index (χ1) is 14.1. The summed E-state index contributed by atoms with van der Waals surface area (Å²) < 4.78 is 11.9. The van der Waals surface area contributed by atoms with Gasteiger partial charge >= 0.3 is 0 Å². The zero-order valence-electron chi connectivity index (χ0n) is 23.1. The number of hydrogen-bond acceptors (Lipinski definition) is 5. The van der Waals surface area contributed by atoms with E-state index in [-0.39, 0.29) is 33.6 Å². The molecule has 0 saturated carbocycles. The highest BCUT2D eigenvalue weighted by Crippen LogP contribution is 2.37. The van der Waals surface area contributed by atoms with Crippen LogP contribution in [0.1, 0.15) is 55.4 Å². The van der Waals surface area contributed by atoms with Crippen LogP contribution in [0.15, 0.2) is 0 Å². The van der Waals surface area contributed by atoms with E-state index >= 15 is 0 Å². The molecule has 0 aliphatic carbocycles. The lowest BCUT2D eigenvalue weighted by atomic mass is 10.1. The second-order valence-electron chi connectivity index (χ2n) is 11.5. The number of carbonyl (C=O) groups is 2. The predicted octanol–water partition coefficient (Wildman–Crippen LogP) is 5.51. The Hall–Kier alpha value is -0.986. The Morgan fingerprint density at radius 2 is 1.22 bits per heavy atom. The molecule has 0 radical (unpaired) electrons. The summed E-state index contributed by atoms with van der Waals surface area (Å²) in [6, 6.07) is 0. The topological polar surface area (TPSA) is 65.1 Å². The molecular weight excluding hydrogens is 438 g/mol. The first kappa shape index (κ1) is 33.2. The van der Waals surface area contributed by atoms with Gasteiger partial charge < -0.3 is 8.85 Å². The first-order valence-electron chi connectivity index (χ1n) is 11.2. The molecule has 0 aliphatic heterocycles. The monoisotopic (exact) mass is 487 g/mol. The van der Waals surface area contributed by atoms with Crippen LogP contribution in [0.25, 0.3) is 0 Å².